The third-order valence-corrected chi connectivity index (χ3v) is 7.02. The van der Waals surface area contributed by atoms with Gasteiger partial charge in [0.25, 0.3) is 5.91 Å². The molecule has 0 N–H and O–H groups in total. The number of carbonyl (C=O) groups is 1. The summed E-state index contributed by atoms with van der Waals surface area (Å²) >= 11 is 0. The van der Waals surface area contributed by atoms with Crippen LogP contribution in [0.5, 0.6) is 0 Å². The van der Waals surface area contributed by atoms with Crippen LogP contribution >= 0.6 is 0 Å². The van der Waals surface area contributed by atoms with E-state index >= 15 is 0 Å². The number of aryl methyl sites for hydroxylation is 1. The Labute approximate surface area is 175 Å². The average Bonchev–Trinajstić information content (AvgIpc) is 3.18. The fourth-order valence-corrected chi connectivity index (χ4v) is 4.91. The molecule has 4 rings (SSSR count). The maximum atomic E-state index is 13.0. The Morgan fingerprint density at radius 2 is 1.80 bits per heavy atom. The molecule has 10 heteroatoms. The van der Waals surface area contributed by atoms with Crippen molar-refractivity contribution in [3.63, 3.8) is 0 Å². The molecule has 156 valence electrons. The summed E-state index contributed by atoms with van der Waals surface area (Å²) in [7, 11) is -3.58. The summed E-state index contributed by atoms with van der Waals surface area (Å²) in [6.07, 6.45) is 2.03. The van der Waals surface area contributed by atoms with Crippen molar-refractivity contribution in [1.29, 1.82) is 0 Å². The van der Waals surface area contributed by atoms with Crippen molar-refractivity contribution in [3.8, 4) is 5.69 Å². The molecule has 1 aliphatic rings. The van der Waals surface area contributed by atoms with Crippen LogP contribution in [0.1, 0.15) is 22.3 Å². The molecule has 2 heterocycles. The van der Waals surface area contributed by atoms with E-state index in [4.69, 9.17) is 0 Å². The molecule has 0 saturated carbocycles. The monoisotopic (exact) mass is 426 g/mol. The van der Waals surface area contributed by atoms with Crippen LogP contribution in [0, 0.1) is 6.92 Å². The highest BCUT2D eigenvalue weighted by Crippen LogP contribution is 2.19. The summed E-state index contributed by atoms with van der Waals surface area (Å²) in [6, 6.07) is 13.9. The van der Waals surface area contributed by atoms with E-state index in [2.05, 4.69) is 15.5 Å². The van der Waals surface area contributed by atoms with E-state index in [1.54, 1.807) is 47.4 Å². The van der Waals surface area contributed by atoms with Crippen LogP contribution in [0.15, 0.2) is 59.8 Å². The predicted octanol–water partition coefficient (Wildman–Crippen LogP) is 1.51. The number of hydrogen-bond acceptors (Lipinski definition) is 6. The van der Waals surface area contributed by atoms with E-state index in [0.29, 0.717) is 37.3 Å². The molecule has 1 aromatic heterocycles. The molecule has 30 heavy (non-hydrogen) atoms. The molecule has 0 atom stereocenters. The number of rotatable bonds is 4. The fourth-order valence-electron chi connectivity index (χ4n) is 3.44. The van der Waals surface area contributed by atoms with Gasteiger partial charge in [0.05, 0.1) is 10.6 Å². The SMILES string of the molecule is Cc1ccc(S(=O)(=O)N2CCCN(C(=O)c3cccc(-n4cnnn4)c3)CC2)cc1. The second kappa shape index (κ2) is 8.33. The van der Waals surface area contributed by atoms with Crippen LogP contribution in [0.2, 0.25) is 0 Å². The molecular weight excluding hydrogens is 404 g/mol. The minimum atomic E-state index is -3.58. The van der Waals surface area contributed by atoms with Gasteiger partial charge in [0.15, 0.2) is 0 Å². The number of sulfonamides is 1. The number of carbonyl (C=O) groups excluding carboxylic acids is 1. The highest BCUT2D eigenvalue weighted by atomic mass is 32.2. The van der Waals surface area contributed by atoms with Crippen molar-refractivity contribution >= 4 is 15.9 Å². The maximum Gasteiger partial charge on any atom is 0.253 e. The molecule has 0 spiro atoms. The summed E-state index contributed by atoms with van der Waals surface area (Å²) in [5.41, 5.74) is 2.20. The quantitative estimate of drug-likeness (QED) is 0.627. The van der Waals surface area contributed by atoms with Gasteiger partial charge in [-0.2, -0.15) is 4.31 Å². The van der Waals surface area contributed by atoms with E-state index in [9.17, 15) is 13.2 Å². The Kier molecular flexibility index (Phi) is 5.60. The molecule has 0 bridgehead atoms. The Balaban J connectivity index is 1.48. The number of hydrogen-bond donors (Lipinski definition) is 0. The lowest BCUT2D eigenvalue weighted by Crippen LogP contribution is -2.37. The van der Waals surface area contributed by atoms with Crippen molar-refractivity contribution in [2.24, 2.45) is 0 Å². The molecule has 1 amide bonds. The number of aromatic nitrogens is 4. The first-order chi connectivity index (χ1) is 14.4. The van der Waals surface area contributed by atoms with Crippen LogP contribution in [-0.4, -0.2) is 69.9 Å². The normalized spacial score (nSPS) is 15.7. The molecule has 2 aromatic carbocycles. The van der Waals surface area contributed by atoms with Crippen molar-refractivity contribution in [3.05, 3.63) is 66.0 Å². The second-order valence-electron chi connectivity index (χ2n) is 7.17. The molecule has 9 nitrogen and oxygen atoms in total. The Morgan fingerprint density at radius 3 is 2.53 bits per heavy atom. The van der Waals surface area contributed by atoms with Gasteiger partial charge in [-0.3, -0.25) is 4.79 Å². The summed E-state index contributed by atoms with van der Waals surface area (Å²) in [4.78, 5) is 15.0. The first-order valence-electron chi connectivity index (χ1n) is 9.65. The predicted molar refractivity (Wildman–Crippen MR) is 110 cm³/mol. The Hall–Kier alpha value is -3.11. The van der Waals surface area contributed by atoms with Gasteiger partial charge in [-0.15, -0.1) is 5.10 Å². The highest BCUT2D eigenvalue weighted by Gasteiger charge is 2.28. The van der Waals surface area contributed by atoms with Gasteiger partial charge in [-0.05, 0) is 54.1 Å². The topological polar surface area (TPSA) is 101 Å². The smallest absolute Gasteiger partial charge is 0.253 e. The highest BCUT2D eigenvalue weighted by molar-refractivity contribution is 7.89. The van der Waals surface area contributed by atoms with E-state index in [0.717, 1.165) is 5.56 Å². The lowest BCUT2D eigenvalue weighted by atomic mass is 10.1. The van der Waals surface area contributed by atoms with Crippen LogP contribution in [-0.2, 0) is 10.0 Å². The number of benzene rings is 2. The average molecular weight is 427 g/mol. The minimum absolute atomic E-state index is 0.139. The Morgan fingerprint density at radius 1 is 1.00 bits per heavy atom. The zero-order valence-electron chi connectivity index (χ0n) is 16.5. The second-order valence-corrected chi connectivity index (χ2v) is 9.11. The third-order valence-electron chi connectivity index (χ3n) is 5.11. The van der Waals surface area contributed by atoms with Gasteiger partial charge in [0, 0.05) is 31.7 Å². The largest absolute Gasteiger partial charge is 0.337 e. The van der Waals surface area contributed by atoms with Gasteiger partial charge in [0.1, 0.15) is 6.33 Å². The molecule has 3 aromatic rings. The van der Waals surface area contributed by atoms with Crippen LogP contribution in [0.4, 0.5) is 0 Å². The number of nitrogens with zero attached hydrogens (tertiary/aromatic N) is 6. The molecule has 0 radical (unpaired) electrons. The zero-order valence-corrected chi connectivity index (χ0v) is 17.4. The summed E-state index contributed by atoms with van der Waals surface area (Å²) in [6.45, 7) is 3.38. The fraction of sp³-hybridized carbons (Fsp3) is 0.300. The van der Waals surface area contributed by atoms with Crippen molar-refractivity contribution < 1.29 is 13.2 Å². The van der Waals surface area contributed by atoms with Crippen molar-refractivity contribution in [1.82, 2.24) is 29.4 Å². The van der Waals surface area contributed by atoms with Gasteiger partial charge in [-0.1, -0.05) is 23.8 Å². The first kappa shape index (κ1) is 20.2. The lowest BCUT2D eigenvalue weighted by Gasteiger charge is -2.22. The van der Waals surface area contributed by atoms with Crippen LogP contribution < -0.4 is 0 Å². The number of tetrazole rings is 1. The van der Waals surface area contributed by atoms with E-state index in [-0.39, 0.29) is 17.3 Å². The molecule has 1 fully saturated rings. The van der Waals surface area contributed by atoms with Gasteiger partial charge < -0.3 is 4.90 Å². The molecule has 1 saturated heterocycles. The Bertz CT molecular complexity index is 1130. The molecule has 0 aliphatic carbocycles. The lowest BCUT2D eigenvalue weighted by molar-refractivity contribution is 0.0764. The third kappa shape index (κ3) is 4.10. The first-order valence-corrected chi connectivity index (χ1v) is 11.1. The minimum Gasteiger partial charge on any atom is -0.337 e. The van der Waals surface area contributed by atoms with Gasteiger partial charge >= 0.3 is 0 Å². The van der Waals surface area contributed by atoms with Crippen molar-refractivity contribution in [2.45, 2.75) is 18.2 Å². The van der Waals surface area contributed by atoms with Crippen LogP contribution in [0.25, 0.3) is 5.69 Å². The summed E-state index contributed by atoms with van der Waals surface area (Å²) < 4.78 is 28.9. The summed E-state index contributed by atoms with van der Waals surface area (Å²) in [5.74, 6) is -0.139. The zero-order chi connectivity index (χ0) is 21.1. The van der Waals surface area contributed by atoms with Crippen molar-refractivity contribution in [2.75, 3.05) is 26.2 Å². The van der Waals surface area contributed by atoms with Gasteiger partial charge in [0.2, 0.25) is 10.0 Å². The standard InChI is InChI=1S/C20H22N6O3S/c1-16-6-8-19(9-7-16)30(28,29)25-11-3-10-24(12-13-25)20(27)17-4-2-5-18(14-17)26-15-21-22-23-26/h2,4-9,14-15H,3,10-13H2,1H3. The van der Waals surface area contributed by atoms with E-state index in [1.165, 1.54) is 15.3 Å². The van der Waals surface area contributed by atoms with Gasteiger partial charge in [-0.25, -0.2) is 13.1 Å². The van der Waals surface area contributed by atoms with Crippen LogP contribution in [0.3, 0.4) is 0 Å². The van der Waals surface area contributed by atoms with E-state index < -0.39 is 10.0 Å². The molecule has 1 aliphatic heterocycles. The maximum absolute atomic E-state index is 13.0. The number of amides is 1. The summed E-state index contributed by atoms with van der Waals surface area (Å²) in [5, 5.41) is 11.1. The molecular formula is C20H22N6O3S. The van der Waals surface area contributed by atoms with E-state index in [1.807, 2.05) is 13.0 Å². The molecule has 0 unspecified atom stereocenters.